The summed E-state index contributed by atoms with van der Waals surface area (Å²) >= 11 is 0. The zero-order valence-electron chi connectivity index (χ0n) is 15.7. The second kappa shape index (κ2) is 9.18. The summed E-state index contributed by atoms with van der Waals surface area (Å²) in [6.45, 7) is 4.14. The summed E-state index contributed by atoms with van der Waals surface area (Å²) in [6, 6.07) is 13.2. The van der Waals surface area contributed by atoms with Crippen molar-refractivity contribution in [2.24, 2.45) is 0 Å². The fraction of sp³-hybridized carbons (Fsp3) is 0.350. The lowest BCUT2D eigenvalue weighted by molar-refractivity contribution is -0.384. The third-order valence-corrected chi connectivity index (χ3v) is 4.72. The van der Waals surface area contributed by atoms with Gasteiger partial charge >= 0.3 is 0 Å². The van der Waals surface area contributed by atoms with Gasteiger partial charge in [0.25, 0.3) is 11.6 Å². The van der Waals surface area contributed by atoms with E-state index in [9.17, 15) is 14.9 Å². The third kappa shape index (κ3) is 4.98. The quantitative estimate of drug-likeness (QED) is 0.538. The van der Waals surface area contributed by atoms with Gasteiger partial charge in [0.05, 0.1) is 12.0 Å². The van der Waals surface area contributed by atoms with Crippen LogP contribution in [0.15, 0.2) is 48.5 Å². The predicted octanol–water partition coefficient (Wildman–Crippen LogP) is 2.44. The molecule has 0 aromatic heterocycles. The first-order valence-electron chi connectivity index (χ1n) is 9.10. The summed E-state index contributed by atoms with van der Waals surface area (Å²) in [7, 11) is 1.63. The zero-order valence-corrected chi connectivity index (χ0v) is 15.7. The minimum Gasteiger partial charge on any atom is -0.497 e. The first kappa shape index (κ1) is 19.6. The van der Waals surface area contributed by atoms with E-state index in [1.807, 2.05) is 24.3 Å². The molecule has 1 saturated heterocycles. The second-order valence-corrected chi connectivity index (χ2v) is 6.46. The Bertz CT molecular complexity index is 800. The van der Waals surface area contributed by atoms with Crippen molar-refractivity contribution in [3.63, 3.8) is 0 Å². The number of rotatable bonds is 7. The van der Waals surface area contributed by atoms with Crippen LogP contribution >= 0.6 is 0 Å². The van der Waals surface area contributed by atoms with E-state index < -0.39 is 4.92 Å². The highest BCUT2D eigenvalue weighted by Gasteiger charge is 2.22. The van der Waals surface area contributed by atoms with Gasteiger partial charge in [0.1, 0.15) is 18.1 Å². The molecule has 0 radical (unpaired) electrons. The molecule has 3 rings (SSSR count). The molecule has 0 aliphatic carbocycles. The molecule has 28 heavy (non-hydrogen) atoms. The van der Waals surface area contributed by atoms with E-state index >= 15 is 0 Å². The number of methoxy groups -OCH3 is 1. The summed E-state index contributed by atoms with van der Waals surface area (Å²) in [5, 5.41) is 10.7. The summed E-state index contributed by atoms with van der Waals surface area (Å²) in [4.78, 5) is 26.8. The topological polar surface area (TPSA) is 85.2 Å². The number of carbonyl (C=O) groups excluding carboxylic acids is 1. The molecule has 1 heterocycles. The average molecular weight is 385 g/mol. The van der Waals surface area contributed by atoms with Gasteiger partial charge in [-0.25, -0.2) is 0 Å². The molecule has 1 aliphatic heterocycles. The van der Waals surface area contributed by atoms with Gasteiger partial charge in [0.15, 0.2) is 0 Å². The molecule has 0 atom stereocenters. The van der Waals surface area contributed by atoms with Crippen molar-refractivity contribution in [2.45, 2.75) is 0 Å². The lowest BCUT2D eigenvalue weighted by Gasteiger charge is -2.34. The SMILES string of the molecule is COc1ccc(OCCN2CCN(C(=O)c3ccc([N+](=O)[O-])cc3)CC2)cc1. The number of hydrogen-bond acceptors (Lipinski definition) is 6. The highest BCUT2D eigenvalue weighted by molar-refractivity contribution is 5.94. The number of non-ortho nitro benzene ring substituents is 1. The van der Waals surface area contributed by atoms with Crippen molar-refractivity contribution in [3.05, 3.63) is 64.2 Å². The molecule has 1 amide bonds. The minimum absolute atomic E-state index is 0.0155. The minimum atomic E-state index is -0.471. The standard InChI is InChI=1S/C20H23N3O5/c1-27-18-6-8-19(9-7-18)28-15-14-21-10-12-22(13-11-21)20(24)16-2-4-17(5-3-16)23(25)26/h2-9H,10-15H2,1H3. The van der Waals surface area contributed by atoms with Crippen LogP contribution in [0.4, 0.5) is 5.69 Å². The van der Waals surface area contributed by atoms with Crippen LogP contribution in [0.5, 0.6) is 11.5 Å². The largest absolute Gasteiger partial charge is 0.497 e. The van der Waals surface area contributed by atoms with Crippen LogP contribution in [0.25, 0.3) is 0 Å². The molecular weight excluding hydrogens is 362 g/mol. The average Bonchev–Trinajstić information content (AvgIpc) is 2.74. The summed E-state index contributed by atoms with van der Waals surface area (Å²) < 4.78 is 10.9. The van der Waals surface area contributed by atoms with Gasteiger partial charge < -0.3 is 14.4 Å². The van der Waals surface area contributed by atoms with Gasteiger partial charge in [0.2, 0.25) is 0 Å². The van der Waals surface area contributed by atoms with Crippen molar-refractivity contribution in [3.8, 4) is 11.5 Å². The second-order valence-electron chi connectivity index (χ2n) is 6.46. The van der Waals surface area contributed by atoms with E-state index in [4.69, 9.17) is 9.47 Å². The molecule has 148 valence electrons. The molecule has 0 bridgehead atoms. The summed E-state index contributed by atoms with van der Waals surface area (Å²) in [5.74, 6) is 1.50. The Morgan fingerprint density at radius 3 is 2.18 bits per heavy atom. The fourth-order valence-corrected chi connectivity index (χ4v) is 3.05. The maximum Gasteiger partial charge on any atom is 0.269 e. The van der Waals surface area contributed by atoms with Gasteiger partial charge in [0, 0.05) is 50.4 Å². The Labute approximate surface area is 163 Å². The smallest absolute Gasteiger partial charge is 0.269 e. The third-order valence-electron chi connectivity index (χ3n) is 4.72. The van der Waals surface area contributed by atoms with E-state index in [-0.39, 0.29) is 11.6 Å². The van der Waals surface area contributed by atoms with E-state index in [0.29, 0.717) is 25.3 Å². The van der Waals surface area contributed by atoms with Crippen molar-refractivity contribution in [1.82, 2.24) is 9.80 Å². The molecule has 8 nitrogen and oxygen atoms in total. The summed E-state index contributed by atoms with van der Waals surface area (Å²) in [6.07, 6.45) is 0. The number of ether oxygens (including phenoxy) is 2. The number of carbonyl (C=O) groups is 1. The molecule has 2 aromatic rings. The number of benzene rings is 2. The van der Waals surface area contributed by atoms with E-state index in [1.54, 1.807) is 12.0 Å². The molecule has 2 aromatic carbocycles. The number of nitro groups is 1. The van der Waals surface area contributed by atoms with Crippen LogP contribution in [0.1, 0.15) is 10.4 Å². The molecule has 0 saturated carbocycles. The predicted molar refractivity (Wildman–Crippen MR) is 104 cm³/mol. The van der Waals surface area contributed by atoms with Gasteiger partial charge in [-0.2, -0.15) is 0 Å². The number of piperazine rings is 1. The van der Waals surface area contributed by atoms with Gasteiger partial charge in [-0.05, 0) is 36.4 Å². The van der Waals surface area contributed by atoms with Crippen molar-refractivity contribution < 1.29 is 19.2 Å². The number of nitro benzene ring substituents is 1. The van der Waals surface area contributed by atoms with Crippen LogP contribution < -0.4 is 9.47 Å². The van der Waals surface area contributed by atoms with Crippen LogP contribution in [0, 0.1) is 10.1 Å². The van der Waals surface area contributed by atoms with Gasteiger partial charge in [-0.3, -0.25) is 19.8 Å². The van der Waals surface area contributed by atoms with Gasteiger partial charge in [-0.15, -0.1) is 0 Å². The molecular formula is C20H23N3O5. The lowest BCUT2D eigenvalue weighted by Crippen LogP contribution is -2.49. The van der Waals surface area contributed by atoms with Crippen molar-refractivity contribution in [1.29, 1.82) is 0 Å². The normalized spacial score (nSPS) is 14.5. The Kier molecular flexibility index (Phi) is 6.44. The molecule has 1 fully saturated rings. The lowest BCUT2D eigenvalue weighted by atomic mass is 10.1. The first-order chi connectivity index (χ1) is 13.6. The van der Waals surface area contributed by atoms with Crippen LogP contribution in [0.2, 0.25) is 0 Å². The Morgan fingerprint density at radius 2 is 1.61 bits per heavy atom. The number of amides is 1. The van der Waals surface area contributed by atoms with Crippen molar-refractivity contribution in [2.75, 3.05) is 46.4 Å². The fourth-order valence-electron chi connectivity index (χ4n) is 3.05. The van der Waals surface area contributed by atoms with E-state index in [0.717, 1.165) is 31.1 Å². The molecule has 0 unspecified atom stereocenters. The number of nitrogens with zero attached hydrogens (tertiary/aromatic N) is 3. The van der Waals surface area contributed by atoms with Gasteiger partial charge in [-0.1, -0.05) is 0 Å². The highest BCUT2D eigenvalue weighted by atomic mass is 16.6. The molecule has 0 spiro atoms. The highest BCUT2D eigenvalue weighted by Crippen LogP contribution is 2.17. The van der Waals surface area contributed by atoms with Crippen LogP contribution in [0.3, 0.4) is 0 Å². The molecule has 8 heteroatoms. The summed E-state index contributed by atoms with van der Waals surface area (Å²) in [5.41, 5.74) is 0.458. The van der Waals surface area contributed by atoms with Crippen LogP contribution in [-0.2, 0) is 0 Å². The van der Waals surface area contributed by atoms with E-state index in [1.165, 1.54) is 24.3 Å². The van der Waals surface area contributed by atoms with Crippen molar-refractivity contribution >= 4 is 11.6 Å². The Balaban J connectivity index is 1.42. The molecule has 1 aliphatic rings. The number of hydrogen-bond donors (Lipinski definition) is 0. The molecule has 0 N–H and O–H groups in total. The van der Waals surface area contributed by atoms with E-state index in [2.05, 4.69) is 4.90 Å². The maximum absolute atomic E-state index is 12.5. The van der Waals surface area contributed by atoms with Crippen LogP contribution in [-0.4, -0.2) is 67.1 Å². The Morgan fingerprint density at radius 1 is 1.00 bits per heavy atom. The Hall–Kier alpha value is -3.13. The monoisotopic (exact) mass is 385 g/mol. The first-order valence-corrected chi connectivity index (χ1v) is 9.10. The maximum atomic E-state index is 12.5. The zero-order chi connectivity index (χ0) is 19.9.